The summed E-state index contributed by atoms with van der Waals surface area (Å²) in [6.07, 6.45) is 4.27. The molecule has 4 rings (SSSR count). The lowest BCUT2D eigenvalue weighted by atomic mass is 9.87. The Kier molecular flexibility index (Phi) is 6.80. The molecule has 2 N–H and O–H groups in total. The molecule has 1 aliphatic heterocycles. The third-order valence-electron chi connectivity index (χ3n) is 6.28. The number of benzene rings is 2. The number of piperidine rings is 1. The minimum atomic E-state index is -1.51. The second-order valence-corrected chi connectivity index (χ2v) is 10.1. The van der Waals surface area contributed by atoms with E-state index in [0.29, 0.717) is 22.2 Å². The van der Waals surface area contributed by atoms with Crippen molar-refractivity contribution in [2.75, 3.05) is 13.1 Å². The van der Waals surface area contributed by atoms with Crippen LogP contribution in [0.3, 0.4) is 0 Å². The van der Waals surface area contributed by atoms with Crippen LogP contribution in [-0.4, -0.2) is 41.1 Å². The van der Waals surface area contributed by atoms with Gasteiger partial charge in [-0.05, 0) is 66.8 Å². The zero-order chi connectivity index (χ0) is 22.0. The summed E-state index contributed by atoms with van der Waals surface area (Å²) in [6.45, 7) is 6.02. The van der Waals surface area contributed by atoms with Gasteiger partial charge in [-0.25, -0.2) is 0 Å². The van der Waals surface area contributed by atoms with Gasteiger partial charge in [0.25, 0.3) is 5.91 Å². The van der Waals surface area contributed by atoms with Crippen LogP contribution in [0.25, 0.3) is 10.1 Å². The lowest BCUT2D eigenvalue weighted by molar-refractivity contribution is 0.0715. The van der Waals surface area contributed by atoms with Crippen LogP contribution in [0.15, 0.2) is 48.5 Å². The van der Waals surface area contributed by atoms with Gasteiger partial charge in [-0.15, -0.1) is 11.3 Å². The quantitative estimate of drug-likeness (QED) is 0.571. The number of rotatable bonds is 6. The number of fused-ring (bicyclic) bond motifs is 1. The maximum atomic E-state index is 13.2. The van der Waals surface area contributed by atoms with Gasteiger partial charge in [0.2, 0.25) is 0 Å². The van der Waals surface area contributed by atoms with E-state index in [2.05, 4.69) is 38.1 Å². The van der Waals surface area contributed by atoms with Crippen molar-refractivity contribution in [3.63, 3.8) is 0 Å². The lowest BCUT2D eigenvalue weighted by Gasteiger charge is -2.32. The van der Waals surface area contributed by atoms with E-state index in [0.717, 1.165) is 42.4 Å². The number of hydrogen-bond acceptors (Lipinski definition) is 4. The standard InChI is InChI=1S/C25H30BNO3S/c1-17(2)9-10-18-5-3-6-20(15-18)19-11-13-27(14-12-19)25(28)21-7-4-8-23-22(21)16-24(31-23)26(29)30/h3-8,15-17,19,29-30H,9-14H2,1-2H3. The highest BCUT2D eigenvalue weighted by atomic mass is 32.1. The Labute approximate surface area is 188 Å². The van der Waals surface area contributed by atoms with Crippen LogP contribution < -0.4 is 4.78 Å². The predicted molar refractivity (Wildman–Crippen MR) is 129 cm³/mol. The second kappa shape index (κ2) is 9.55. The van der Waals surface area contributed by atoms with E-state index in [4.69, 9.17) is 0 Å². The van der Waals surface area contributed by atoms with Crippen molar-refractivity contribution in [1.29, 1.82) is 0 Å². The molecule has 1 fully saturated rings. The van der Waals surface area contributed by atoms with E-state index in [1.165, 1.54) is 28.9 Å². The zero-order valence-corrected chi connectivity index (χ0v) is 19.1. The Bertz CT molecular complexity index is 1050. The average molecular weight is 435 g/mol. The Morgan fingerprint density at radius 2 is 1.87 bits per heavy atom. The van der Waals surface area contributed by atoms with Gasteiger partial charge in [-0.2, -0.15) is 0 Å². The first kappa shape index (κ1) is 22.1. The first-order chi connectivity index (χ1) is 14.9. The van der Waals surface area contributed by atoms with Crippen LogP contribution in [0, 0.1) is 5.92 Å². The largest absolute Gasteiger partial charge is 0.499 e. The number of likely N-dealkylation sites (tertiary alicyclic amines) is 1. The predicted octanol–water partition coefficient (Wildman–Crippen LogP) is 4.19. The molecule has 0 radical (unpaired) electrons. The van der Waals surface area contributed by atoms with E-state index in [1.54, 1.807) is 6.07 Å². The van der Waals surface area contributed by atoms with Crippen molar-refractivity contribution < 1.29 is 14.8 Å². The molecule has 1 aliphatic rings. The molecule has 3 aromatic rings. The van der Waals surface area contributed by atoms with Crippen LogP contribution in [-0.2, 0) is 6.42 Å². The van der Waals surface area contributed by atoms with Crippen LogP contribution in [0.5, 0.6) is 0 Å². The lowest BCUT2D eigenvalue weighted by Crippen LogP contribution is -2.38. The SMILES string of the molecule is CC(C)CCc1cccc(C2CCN(C(=O)c3cccc4sc(B(O)O)cc34)CC2)c1. The highest BCUT2D eigenvalue weighted by Crippen LogP contribution is 2.31. The van der Waals surface area contributed by atoms with Crippen molar-refractivity contribution in [1.82, 2.24) is 4.90 Å². The topological polar surface area (TPSA) is 60.8 Å². The minimum Gasteiger partial charge on any atom is -0.423 e. The molecule has 1 aromatic heterocycles. The molecule has 162 valence electrons. The summed E-state index contributed by atoms with van der Waals surface area (Å²) in [7, 11) is -1.51. The number of carbonyl (C=O) groups is 1. The number of hydrogen-bond donors (Lipinski definition) is 2. The normalized spacial score (nSPS) is 15.1. The van der Waals surface area contributed by atoms with Gasteiger partial charge in [0.15, 0.2) is 0 Å². The molecule has 4 nitrogen and oxygen atoms in total. The molecule has 0 unspecified atom stereocenters. The molecule has 6 heteroatoms. The molecule has 2 aromatic carbocycles. The van der Waals surface area contributed by atoms with Gasteiger partial charge >= 0.3 is 7.12 Å². The van der Waals surface area contributed by atoms with Crippen LogP contribution in [0.2, 0.25) is 0 Å². The molecule has 31 heavy (non-hydrogen) atoms. The van der Waals surface area contributed by atoms with E-state index < -0.39 is 7.12 Å². The molecule has 0 atom stereocenters. The third kappa shape index (κ3) is 5.03. The number of nitrogens with zero attached hydrogens (tertiary/aromatic N) is 1. The Balaban J connectivity index is 1.44. The van der Waals surface area contributed by atoms with Crippen molar-refractivity contribution in [3.8, 4) is 0 Å². The van der Waals surface area contributed by atoms with Crippen molar-refractivity contribution in [2.24, 2.45) is 5.92 Å². The smallest absolute Gasteiger partial charge is 0.423 e. The summed E-state index contributed by atoms with van der Waals surface area (Å²) in [4.78, 5) is 15.2. The van der Waals surface area contributed by atoms with Gasteiger partial charge in [-0.3, -0.25) is 4.79 Å². The van der Waals surface area contributed by atoms with Gasteiger partial charge < -0.3 is 14.9 Å². The van der Waals surface area contributed by atoms with E-state index in [-0.39, 0.29) is 5.91 Å². The minimum absolute atomic E-state index is 0.0338. The van der Waals surface area contributed by atoms with Gasteiger partial charge in [0, 0.05) is 33.5 Å². The maximum Gasteiger partial charge on any atom is 0.499 e. The molecular formula is C25H30BNO3S. The highest BCUT2D eigenvalue weighted by Gasteiger charge is 2.26. The van der Waals surface area contributed by atoms with Crippen molar-refractivity contribution >= 4 is 39.2 Å². The summed E-state index contributed by atoms with van der Waals surface area (Å²) in [5.74, 6) is 1.24. The molecule has 2 heterocycles. The summed E-state index contributed by atoms with van der Waals surface area (Å²) in [6, 6.07) is 16.3. The van der Waals surface area contributed by atoms with Gasteiger partial charge in [-0.1, -0.05) is 44.2 Å². The zero-order valence-electron chi connectivity index (χ0n) is 18.3. The summed E-state index contributed by atoms with van der Waals surface area (Å²) < 4.78 is 1.37. The summed E-state index contributed by atoms with van der Waals surface area (Å²) >= 11 is 1.32. The number of aryl methyl sites for hydroxylation is 1. The molecular weight excluding hydrogens is 405 g/mol. The molecule has 0 spiro atoms. The molecule has 1 amide bonds. The Morgan fingerprint density at radius 1 is 1.13 bits per heavy atom. The van der Waals surface area contributed by atoms with Gasteiger partial charge in [0.1, 0.15) is 0 Å². The molecule has 0 aliphatic carbocycles. The Morgan fingerprint density at radius 3 is 2.58 bits per heavy atom. The number of amides is 1. The van der Waals surface area contributed by atoms with Crippen molar-refractivity contribution in [3.05, 3.63) is 65.2 Å². The van der Waals surface area contributed by atoms with E-state index in [1.807, 2.05) is 23.1 Å². The van der Waals surface area contributed by atoms with Crippen molar-refractivity contribution in [2.45, 2.75) is 45.4 Å². The summed E-state index contributed by atoms with van der Waals surface area (Å²) in [5.41, 5.74) is 3.46. The van der Waals surface area contributed by atoms with Gasteiger partial charge in [0.05, 0.1) is 0 Å². The fraction of sp³-hybridized carbons (Fsp3) is 0.400. The molecule has 1 saturated heterocycles. The first-order valence-corrected chi connectivity index (χ1v) is 12.0. The van der Waals surface area contributed by atoms with Crippen LogP contribution in [0.1, 0.15) is 60.5 Å². The fourth-order valence-electron chi connectivity index (χ4n) is 4.44. The second-order valence-electron chi connectivity index (χ2n) is 8.98. The molecule has 0 saturated carbocycles. The fourth-order valence-corrected chi connectivity index (χ4v) is 5.40. The Hall–Kier alpha value is -2.15. The summed E-state index contributed by atoms with van der Waals surface area (Å²) in [5, 5.41) is 19.8. The van der Waals surface area contributed by atoms with Crippen LogP contribution in [0.4, 0.5) is 0 Å². The number of thiophene rings is 1. The number of carbonyl (C=O) groups excluding carboxylic acids is 1. The van der Waals surface area contributed by atoms with E-state index >= 15 is 0 Å². The first-order valence-electron chi connectivity index (χ1n) is 11.2. The average Bonchev–Trinajstić information content (AvgIpc) is 3.22. The highest BCUT2D eigenvalue weighted by molar-refractivity contribution is 7.27. The third-order valence-corrected chi connectivity index (χ3v) is 7.42. The molecule has 0 bridgehead atoms. The van der Waals surface area contributed by atoms with E-state index in [9.17, 15) is 14.8 Å². The monoisotopic (exact) mass is 435 g/mol. The van der Waals surface area contributed by atoms with Crippen LogP contribution >= 0.6 is 11.3 Å². The maximum absolute atomic E-state index is 13.2.